The summed E-state index contributed by atoms with van der Waals surface area (Å²) >= 11 is 0. The zero-order chi connectivity index (χ0) is 17.7. The minimum atomic E-state index is -0.504. The van der Waals surface area contributed by atoms with Gasteiger partial charge >= 0.3 is 5.97 Å². The van der Waals surface area contributed by atoms with E-state index in [-0.39, 0.29) is 5.97 Å². The molecule has 0 unspecified atom stereocenters. The average Bonchev–Trinajstić information content (AvgIpc) is 2.54. The Morgan fingerprint density at radius 3 is 2.33 bits per heavy atom. The zero-order valence-electron chi connectivity index (χ0n) is 14.8. The second-order valence-corrected chi connectivity index (χ2v) is 6.47. The molecule has 0 N–H and O–H groups in total. The maximum absolute atomic E-state index is 12.1. The number of ether oxygens (including phenoxy) is 2. The third kappa shape index (κ3) is 4.48. The van der Waals surface area contributed by atoms with Crippen molar-refractivity contribution in [3.63, 3.8) is 0 Å². The molecule has 0 saturated heterocycles. The number of benzene rings is 2. The highest BCUT2D eigenvalue weighted by Gasteiger charge is 2.18. The first-order valence-corrected chi connectivity index (χ1v) is 8.07. The molecule has 0 aliphatic carbocycles. The van der Waals surface area contributed by atoms with Gasteiger partial charge in [-0.3, -0.25) is 0 Å². The second kappa shape index (κ2) is 7.35. The van der Waals surface area contributed by atoms with E-state index < -0.39 is 5.60 Å². The topological polar surface area (TPSA) is 35.5 Å². The van der Waals surface area contributed by atoms with E-state index in [2.05, 4.69) is 6.58 Å². The molecule has 0 heterocycles. The minimum absolute atomic E-state index is 0.320. The number of carbonyl (C=O) groups is 1. The van der Waals surface area contributed by atoms with Crippen LogP contribution in [0.15, 0.2) is 49.0 Å². The van der Waals surface area contributed by atoms with E-state index in [1.165, 1.54) is 0 Å². The predicted octanol–water partition coefficient (Wildman–Crippen LogP) is 5.35. The van der Waals surface area contributed by atoms with Crippen LogP contribution in [0.25, 0.3) is 17.2 Å². The Kier molecular flexibility index (Phi) is 5.45. The number of esters is 1. The molecule has 3 heteroatoms. The van der Waals surface area contributed by atoms with E-state index in [0.717, 1.165) is 22.4 Å². The molecule has 0 bridgehead atoms. The van der Waals surface area contributed by atoms with E-state index in [1.54, 1.807) is 18.2 Å². The highest BCUT2D eigenvalue weighted by atomic mass is 16.6. The molecule has 0 atom stereocenters. The summed E-state index contributed by atoms with van der Waals surface area (Å²) in [5.41, 5.74) is 3.01. The van der Waals surface area contributed by atoms with Crippen LogP contribution in [-0.2, 0) is 4.74 Å². The van der Waals surface area contributed by atoms with E-state index in [1.807, 2.05) is 58.0 Å². The van der Waals surface area contributed by atoms with Crippen molar-refractivity contribution in [2.24, 2.45) is 0 Å². The van der Waals surface area contributed by atoms with Crippen molar-refractivity contribution in [2.75, 3.05) is 6.61 Å². The summed E-state index contributed by atoms with van der Waals surface area (Å²) < 4.78 is 11.1. The van der Waals surface area contributed by atoms with E-state index in [0.29, 0.717) is 12.2 Å². The summed E-state index contributed by atoms with van der Waals surface area (Å²) in [4.78, 5) is 12.1. The van der Waals surface area contributed by atoms with E-state index in [4.69, 9.17) is 9.47 Å². The molecule has 0 fully saturated rings. The SMILES string of the molecule is C=Cc1ccc(OCC)c(-c2ccc(C(=O)OC(C)(C)C)cc2)c1. The van der Waals surface area contributed by atoms with E-state index >= 15 is 0 Å². The molecule has 0 saturated carbocycles. The quantitative estimate of drug-likeness (QED) is 0.695. The molecule has 0 aromatic heterocycles. The summed E-state index contributed by atoms with van der Waals surface area (Å²) in [6.45, 7) is 11.9. The normalized spacial score (nSPS) is 11.0. The maximum atomic E-state index is 12.1. The molecule has 2 aromatic carbocycles. The fourth-order valence-corrected chi connectivity index (χ4v) is 2.30. The van der Waals surface area contributed by atoms with Gasteiger partial charge in [0.1, 0.15) is 11.4 Å². The standard InChI is InChI=1S/C21H24O3/c1-6-15-8-13-19(23-7-2)18(14-15)16-9-11-17(12-10-16)20(22)24-21(3,4)5/h6,8-14H,1,7H2,2-5H3. The highest BCUT2D eigenvalue weighted by molar-refractivity contribution is 5.90. The molecular weight excluding hydrogens is 300 g/mol. The molecular formula is C21H24O3. The first-order valence-electron chi connectivity index (χ1n) is 8.07. The molecule has 0 amide bonds. The average molecular weight is 324 g/mol. The van der Waals surface area contributed by atoms with Gasteiger partial charge in [-0.15, -0.1) is 0 Å². The summed E-state index contributed by atoms with van der Waals surface area (Å²) in [7, 11) is 0. The first kappa shape index (κ1) is 17.8. The molecule has 2 aromatic rings. The number of carbonyl (C=O) groups excluding carboxylic acids is 1. The number of hydrogen-bond acceptors (Lipinski definition) is 3. The summed E-state index contributed by atoms with van der Waals surface area (Å²) in [6, 6.07) is 13.3. The van der Waals surface area contributed by atoms with Crippen LogP contribution < -0.4 is 4.74 Å². The zero-order valence-corrected chi connectivity index (χ0v) is 14.8. The molecule has 24 heavy (non-hydrogen) atoms. The van der Waals surface area contributed by atoms with Gasteiger partial charge in [0.2, 0.25) is 0 Å². The largest absolute Gasteiger partial charge is 0.493 e. The van der Waals surface area contributed by atoms with Crippen molar-refractivity contribution in [1.29, 1.82) is 0 Å². The summed E-state index contributed by atoms with van der Waals surface area (Å²) in [6.07, 6.45) is 1.80. The van der Waals surface area contributed by atoms with Gasteiger partial charge in [0.15, 0.2) is 0 Å². The van der Waals surface area contributed by atoms with Gasteiger partial charge in [-0.1, -0.05) is 30.9 Å². The van der Waals surface area contributed by atoms with Crippen LogP contribution in [0.4, 0.5) is 0 Å². The van der Waals surface area contributed by atoms with Crippen LogP contribution in [0.3, 0.4) is 0 Å². The Morgan fingerprint density at radius 1 is 1.12 bits per heavy atom. The Morgan fingerprint density at radius 2 is 1.79 bits per heavy atom. The molecule has 126 valence electrons. The van der Waals surface area contributed by atoms with Crippen molar-refractivity contribution in [1.82, 2.24) is 0 Å². The van der Waals surface area contributed by atoms with Gasteiger partial charge in [-0.25, -0.2) is 4.79 Å². The van der Waals surface area contributed by atoms with Gasteiger partial charge in [-0.2, -0.15) is 0 Å². The lowest BCUT2D eigenvalue weighted by Gasteiger charge is -2.19. The van der Waals surface area contributed by atoms with Gasteiger partial charge in [-0.05, 0) is 63.1 Å². The van der Waals surface area contributed by atoms with Crippen molar-refractivity contribution in [3.05, 3.63) is 60.2 Å². The van der Waals surface area contributed by atoms with Crippen LogP contribution in [0.5, 0.6) is 5.75 Å². The van der Waals surface area contributed by atoms with E-state index in [9.17, 15) is 4.79 Å². The number of hydrogen-bond donors (Lipinski definition) is 0. The summed E-state index contributed by atoms with van der Waals surface area (Å²) in [5, 5.41) is 0. The van der Waals surface area contributed by atoms with Gasteiger partial charge in [0, 0.05) is 5.56 Å². The van der Waals surface area contributed by atoms with Crippen LogP contribution in [0.2, 0.25) is 0 Å². The third-order valence-corrected chi connectivity index (χ3v) is 3.37. The van der Waals surface area contributed by atoms with Gasteiger partial charge in [0.25, 0.3) is 0 Å². The minimum Gasteiger partial charge on any atom is -0.493 e. The van der Waals surface area contributed by atoms with Gasteiger partial charge in [0.05, 0.1) is 12.2 Å². The van der Waals surface area contributed by atoms with Crippen molar-refractivity contribution < 1.29 is 14.3 Å². The third-order valence-electron chi connectivity index (χ3n) is 3.37. The lowest BCUT2D eigenvalue weighted by atomic mass is 10.0. The highest BCUT2D eigenvalue weighted by Crippen LogP contribution is 2.32. The lowest BCUT2D eigenvalue weighted by Crippen LogP contribution is -2.23. The molecule has 0 radical (unpaired) electrons. The molecule has 2 rings (SSSR count). The van der Waals surface area contributed by atoms with Crippen molar-refractivity contribution >= 4 is 12.0 Å². The fraction of sp³-hybridized carbons (Fsp3) is 0.286. The predicted molar refractivity (Wildman–Crippen MR) is 98.3 cm³/mol. The second-order valence-electron chi connectivity index (χ2n) is 6.47. The van der Waals surface area contributed by atoms with Crippen molar-refractivity contribution in [2.45, 2.75) is 33.3 Å². The summed E-state index contributed by atoms with van der Waals surface area (Å²) in [5.74, 6) is 0.493. The molecule has 3 nitrogen and oxygen atoms in total. The molecule has 0 aliphatic heterocycles. The monoisotopic (exact) mass is 324 g/mol. The Labute approximate surface area is 143 Å². The van der Waals surface area contributed by atoms with Crippen LogP contribution in [0.1, 0.15) is 43.6 Å². The molecule has 0 spiro atoms. The Balaban J connectivity index is 2.33. The van der Waals surface area contributed by atoms with Crippen molar-refractivity contribution in [3.8, 4) is 16.9 Å². The Bertz CT molecular complexity index is 722. The fourth-order valence-electron chi connectivity index (χ4n) is 2.30. The maximum Gasteiger partial charge on any atom is 0.338 e. The smallest absolute Gasteiger partial charge is 0.338 e. The Hall–Kier alpha value is -2.55. The van der Waals surface area contributed by atoms with Crippen LogP contribution in [-0.4, -0.2) is 18.2 Å². The first-order chi connectivity index (χ1) is 11.3. The lowest BCUT2D eigenvalue weighted by molar-refractivity contribution is 0.00696. The van der Waals surface area contributed by atoms with Crippen LogP contribution in [0, 0.1) is 0 Å². The van der Waals surface area contributed by atoms with Crippen LogP contribution >= 0.6 is 0 Å². The molecule has 0 aliphatic rings. The van der Waals surface area contributed by atoms with Gasteiger partial charge < -0.3 is 9.47 Å². The number of rotatable bonds is 5.